The van der Waals surface area contributed by atoms with Gasteiger partial charge in [0.15, 0.2) is 0 Å². The van der Waals surface area contributed by atoms with Gasteiger partial charge in [-0.1, -0.05) is 6.42 Å². The molecule has 0 aromatic carbocycles. The number of likely N-dealkylation sites (tertiary alicyclic amines) is 1. The van der Waals surface area contributed by atoms with E-state index in [1.165, 1.54) is 0 Å². The predicted molar refractivity (Wildman–Crippen MR) is 48.4 cm³/mol. The molecule has 2 nitrogen and oxygen atoms in total. The second-order valence-corrected chi connectivity index (χ2v) is 4.73. The molecule has 0 aromatic heterocycles. The molecule has 0 radical (unpaired) electrons. The number of rotatable bonds is 1. The highest BCUT2D eigenvalue weighted by Gasteiger charge is 2.65. The van der Waals surface area contributed by atoms with Gasteiger partial charge in [-0.15, -0.1) is 0 Å². The van der Waals surface area contributed by atoms with Crippen molar-refractivity contribution in [1.29, 1.82) is 0 Å². The molecule has 0 aromatic rings. The van der Waals surface area contributed by atoms with Crippen LogP contribution in [0.5, 0.6) is 0 Å². The van der Waals surface area contributed by atoms with Crippen molar-refractivity contribution in [1.82, 2.24) is 4.90 Å². The second-order valence-electron chi connectivity index (χ2n) is 4.73. The largest absolute Gasteiger partial charge is 0.463 e. The van der Waals surface area contributed by atoms with Crippen molar-refractivity contribution in [2.24, 2.45) is 11.8 Å². The first-order valence-corrected chi connectivity index (χ1v) is 5.47. The molecule has 0 spiro atoms. The Morgan fingerprint density at radius 2 is 1.47 bits per heavy atom. The Morgan fingerprint density at radius 3 is 1.88 bits per heavy atom. The minimum Gasteiger partial charge on any atom is -0.337 e. The number of amides is 1. The molecule has 17 heavy (non-hydrogen) atoms. The zero-order valence-electron chi connectivity index (χ0n) is 8.94. The van der Waals surface area contributed by atoms with Crippen molar-refractivity contribution in [3.05, 3.63) is 0 Å². The van der Waals surface area contributed by atoms with Gasteiger partial charge in [0, 0.05) is 13.1 Å². The summed E-state index contributed by atoms with van der Waals surface area (Å²) >= 11 is 0. The molecular formula is C10H12F5NO. The number of hydrogen-bond acceptors (Lipinski definition) is 1. The fourth-order valence-corrected chi connectivity index (χ4v) is 2.72. The summed E-state index contributed by atoms with van der Waals surface area (Å²) in [6.07, 6.45) is -3.22. The van der Waals surface area contributed by atoms with Gasteiger partial charge in [-0.2, -0.15) is 22.0 Å². The predicted octanol–water partition coefficient (Wildman–Crippen LogP) is 2.44. The Balaban J connectivity index is 2.07. The molecule has 2 fully saturated rings. The Kier molecular flexibility index (Phi) is 2.82. The van der Waals surface area contributed by atoms with E-state index < -0.39 is 18.0 Å². The maximum atomic E-state index is 12.8. The lowest BCUT2D eigenvalue weighted by molar-refractivity contribution is -0.274. The van der Waals surface area contributed by atoms with E-state index in [2.05, 4.69) is 0 Å². The highest BCUT2D eigenvalue weighted by Crippen LogP contribution is 2.42. The van der Waals surface area contributed by atoms with Gasteiger partial charge >= 0.3 is 18.0 Å². The molecule has 0 N–H and O–H groups in total. The van der Waals surface area contributed by atoms with Crippen molar-refractivity contribution < 1.29 is 26.7 Å². The van der Waals surface area contributed by atoms with E-state index in [0.29, 0.717) is 4.90 Å². The van der Waals surface area contributed by atoms with Crippen LogP contribution in [0.3, 0.4) is 0 Å². The Morgan fingerprint density at radius 1 is 1.00 bits per heavy atom. The highest BCUT2D eigenvalue weighted by atomic mass is 19.4. The van der Waals surface area contributed by atoms with Gasteiger partial charge in [0.25, 0.3) is 0 Å². The third-order valence-corrected chi connectivity index (χ3v) is 3.64. The van der Waals surface area contributed by atoms with Crippen LogP contribution in [0.4, 0.5) is 22.0 Å². The summed E-state index contributed by atoms with van der Waals surface area (Å²) in [4.78, 5) is 11.9. The third kappa shape index (κ3) is 1.99. The molecule has 1 saturated heterocycles. The summed E-state index contributed by atoms with van der Waals surface area (Å²) in [5.41, 5.74) is 0. The SMILES string of the molecule is O=C(N1CC2CCCC2C1)C(F)(F)C(F)(F)F. The van der Waals surface area contributed by atoms with E-state index in [1.807, 2.05) is 0 Å². The molecular weight excluding hydrogens is 245 g/mol. The molecule has 2 rings (SSSR count). The number of carbonyl (C=O) groups is 1. The summed E-state index contributed by atoms with van der Waals surface area (Å²) in [5.74, 6) is -7.16. The van der Waals surface area contributed by atoms with Crippen LogP contribution >= 0.6 is 0 Å². The maximum absolute atomic E-state index is 12.8. The smallest absolute Gasteiger partial charge is 0.337 e. The zero-order chi connectivity index (χ0) is 12.8. The van der Waals surface area contributed by atoms with Crippen LogP contribution in [0, 0.1) is 11.8 Å². The fourth-order valence-electron chi connectivity index (χ4n) is 2.72. The number of nitrogens with zero attached hydrogens (tertiary/aromatic N) is 1. The Bertz CT molecular complexity index is 315. The van der Waals surface area contributed by atoms with Gasteiger partial charge in [-0.25, -0.2) is 0 Å². The minimum atomic E-state index is -5.80. The number of alkyl halides is 5. The highest BCUT2D eigenvalue weighted by molar-refractivity contribution is 5.84. The standard InChI is InChI=1S/C10H12F5NO/c11-9(12,10(13,14)15)8(17)16-4-6-2-1-3-7(6)5-16/h6-7H,1-5H2. The van der Waals surface area contributed by atoms with E-state index in [-0.39, 0.29) is 24.9 Å². The van der Waals surface area contributed by atoms with Crippen LogP contribution in [0.25, 0.3) is 0 Å². The van der Waals surface area contributed by atoms with Crippen molar-refractivity contribution >= 4 is 5.91 Å². The monoisotopic (exact) mass is 257 g/mol. The topological polar surface area (TPSA) is 20.3 Å². The first kappa shape index (κ1) is 12.6. The Hall–Kier alpha value is -0.880. The molecule has 1 saturated carbocycles. The number of carbonyl (C=O) groups excluding carboxylic acids is 1. The molecule has 2 atom stereocenters. The quantitative estimate of drug-likeness (QED) is 0.661. The van der Waals surface area contributed by atoms with E-state index in [0.717, 1.165) is 19.3 Å². The lowest BCUT2D eigenvalue weighted by atomic mass is 10.0. The summed E-state index contributed by atoms with van der Waals surface area (Å²) < 4.78 is 61.8. The summed E-state index contributed by atoms with van der Waals surface area (Å²) in [6, 6.07) is 0. The molecule has 1 amide bonds. The molecule has 2 unspecified atom stereocenters. The number of fused-ring (bicyclic) bond motifs is 1. The van der Waals surface area contributed by atoms with Crippen LogP contribution in [0.1, 0.15) is 19.3 Å². The molecule has 0 bridgehead atoms. The van der Waals surface area contributed by atoms with Crippen LogP contribution < -0.4 is 0 Å². The summed E-state index contributed by atoms with van der Waals surface area (Å²) in [5, 5.41) is 0. The van der Waals surface area contributed by atoms with E-state index in [4.69, 9.17) is 0 Å². The second kappa shape index (κ2) is 3.81. The minimum absolute atomic E-state index is 0.0369. The lowest BCUT2D eigenvalue weighted by Gasteiger charge is -2.25. The van der Waals surface area contributed by atoms with Gasteiger partial charge in [0.05, 0.1) is 0 Å². The van der Waals surface area contributed by atoms with Gasteiger partial charge in [0.1, 0.15) is 0 Å². The van der Waals surface area contributed by atoms with Crippen molar-refractivity contribution in [2.45, 2.75) is 31.4 Å². The lowest BCUT2D eigenvalue weighted by Crippen LogP contribution is -2.51. The van der Waals surface area contributed by atoms with Crippen LogP contribution in [0.2, 0.25) is 0 Å². The average Bonchev–Trinajstić information content (AvgIpc) is 2.73. The molecule has 98 valence electrons. The molecule has 1 aliphatic heterocycles. The van der Waals surface area contributed by atoms with Gasteiger partial charge in [0.2, 0.25) is 0 Å². The van der Waals surface area contributed by atoms with E-state index >= 15 is 0 Å². The molecule has 2 aliphatic rings. The van der Waals surface area contributed by atoms with Gasteiger partial charge in [-0.3, -0.25) is 4.79 Å². The van der Waals surface area contributed by atoms with Crippen LogP contribution in [-0.4, -0.2) is 36.0 Å². The van der Waals surface area contributed by atoms with Crippen molar-refractivity contribution in [2.75, 3.05) is 13.1 Å². The third-order valence-electron chi connectivity index (χ3n) is 3.64. The molecule has 7 heteroatoms. The van der Waals surface area contributed by atoms with Crippen molar-refractivity contribution in [3.8, 4) is 0 Å². The van der Waals surface area contributed by atoms with Gasteiger partial charge < -0.3 is 4.90 Å². The normalized spacial score (nSPS) is 29.6. The number of hydrogen-bond donors (Lipinski definition) is 0. The van der Waals surface area contributed by atoms with E-state index in [1.54, 1.807) is 0 Å². The molecule has 1 aliphatic carbocycles. The summed E-state index contributed by atoms with van der Waals surface area (Å²) in [7, 11) is 0. The Labute approximate surface area is 94.8 Å². The maximum Gasteiger partial charge on any atom is 0.463 e. The fraction of sp³-hybridized carbons (Fsp3) is 0.900. The van der Waals surface area contributed by atoms with Crippen LogP contribution in [-0.2, 0) is 4.79 Å². The number of halogens is 5. The first-order valence-electron chi connectivity index (χ1n) is 5.47. The van der Waals surface area contributed by atoms with Crippen molar-refractivity contribution in [3.63, 3.8) is 0 Å². The van der Waals surface area contributed by atoms with E-state index in [9.17, 15) is 26.7 Å². The molecule has 1 heterocycles. The van der Waals surface area contributed by atoms with Crippen LogP contribution in [0.15, 0.2) is 0 Å². The summed E-state index contributed by atoms with van der Waals surface area (Å²) in [6.45, 7) is 0.0737. The van der Waals surface area contributed by atoms with Gasteiger partial charge in [-0.05, 0) is 24.7 Å². The zero-order valence-corrected chi connectivity index (χ0v) is 8.94. The first-order chi connectivity index (χ1) is 7.73. The average molecular weight is 257 g/mol.